The summed E-state index contributed by atoms with van der Waals surface area (Å²) in [5.41, 5.74) is -1.39. The van der Waals surface area contributed by atoms with E-state index >= 15 is 0 Å². The second-order valence-corrected chi connectivity index (χ2v) is 4.84. The molecule has 0 spiro atoms. The Morgan fingerprint density at radius 2 is 1.68 bits per heavy atom. The van der Waals surface area contributed by atoms with Crippen LogP contribution in [0.15, 0.2) is 40.8 Å². The van der Waals surface area contributed by atoms with E-state index in [1.165, 1.54) is 6.07 Å². The second-order valence-electron chi connectivity index (χ2n) is 4.84. The zero-order valence-corrected chi connectivity index (χ0v) is 12.0. The smallest absolute Gasteiger partial charge is 0.403 e. The van der Waals surface area contributed by atoms with Gasteiger partial charge >= 0.3 is 12.2 Å². The molecule has 10 heteroatoms. The average molecular weight is 359 g/mol. The zero-order valence-electron chi connectivity index (χ0n) is 12.0. The minimum absolute atomic E-state index is 0.00390. The Hall–Kier alpha value is -3.04. The van der Waals surface area contributed by atoms with Crippen molar-refractivity contribution >= 4 is 11.7 Å². The van der Waals surface area contributed by atoms with Crippen LogP contribution in [0.5, 0.6) is 0 Å². The number of anilines is 2. The van der Waals surface area contributed by atoms with Crippen molar-refractivity contribution in [2.75, 3.05) is 5.32 Å². The summed E-state index contributed by atoms with van der Waals surface area (Å²) in [6.45, 7) is 0. The predicted octanol–water partition coefficient (Wildman–Crippen LogP) is 4.92. The van der Waals surface area contributed by atoms with Gasteiger partial charge < -0.3 is 9.73 Å². The number of alkyl halides is 3. The van der Waals surface area contributed by atoms with Crippen LogP contribution in [-0.4, -0.2) is 10.2 Å². The van der Waals surface area contributed by atoms with Crippen LogP contribution >= 0.6 is 0 Å². The van der Waals surface area contributed by atoms with E-state index in [0.717, 1.165) is 24.3 Å². The van der Waals surface area contributed by atoms with Gasteiger partial charge in [0, 0.05) is 5.69 Å². The summed E-state index contributed by atoms with van der Waals surface area (Å²) < 4.78 is 82.8. The molecule has 0 aliphatic heterocycles. The Bertz CT molecular complexity index is 922. The molecule has 130 valence electrons. The second kappa shape index (κ2) is 6.11. The summed E-state index contributed by atoms with van der Waals surface area (Å²) >= 11 is 0. The van der Waals surface area contributed by atoms with Gasteiger partial charge in [-0.2, -0.15) is 13.2 Å². The fourth-order valence-electron chi connectivity index (χ4n) is 1.97. The highest BCUT2D eigenvalue weighted by atomic mass is 19.4. The van der Waals surface area contributed by atoms with Gasteiger partial charge in [-0.05, 0) is 30.3 Å². The van der Waals surface area contributed by atoms with Crippen molar-refractivity contribution < 1.29 is 30.8 Å². The van der Waals surface area contributed by atoms with Crippen molar-refractivity contribution in [2.45, 2.75) is 6.18 Å². The molecule has 0 aliphatic carbocycles. The Balaban J connectivity index is 1.87. The number of benzene rings is 2. The molecular weight excluding hydrogens is 352 g/mol. The Morgan fingerprint density at radius 3 is 2.40 bits per heavy atom. The molecule has 1 aromatic heterocycles. The summed E-state index contributed by atoms with van der Waals surface area (Å²) in [5, 5.41) is 9.36. The maximum atomic E-state index is 13.7. The van der Waals surface area contributed by atoms with Crippen LogP contribution in [0.4, 0.5) is 38.0 Å². The minimum Gasteiger partial charge on any atom is -0.403 e. The average Bonchev–Trinajstić information content (AvgIpc) is 3.00. The third-order valence-corrected chi connectivity index (χ3v) is 3.13. The van der Waals surface area contributed by atoms with E-state index in [-0.39, 0.29) is 11.7 Å². The van der Waals surface area contributed by atoms with E-state index in [4.69, 9.17) is 4.42 Å². The first-order valence-electron chi connectivity index (χ1n) is 6.67. The molecular formula is C15H7F6N3O. The molecule has 4 nitrogen and oxygen atoms in total. The molecule has 1 heterocycles. The summed E-state index contributed by atoms with van der Waals surface area (Å²) in [6, 6.07) is 5.39. The molecule has 3 aromatic rings. The lowest BCUT2D eigenvalue weighted by Gasteiger charge is -2.08. The molecule has 0 saturated heterocycles. The number of aromatic nitrogens is 2. The molecule has 2 aromatic carbocycles. The van der Waals surface area contributed by atoms with Crippen molar-refractivity contribution in [3.63, 3.8) is 0 Å². The summed E-state index contributed by atoms with van der Waals surface area (Å²) in [7, 11) is 0. The van der Waals surface area contributed by atoms with Crippen LogP contribution in [0.2, 0.25) is 0 Å². The first-order chi connectivity index (χ1) is 11.8. The van der Waals surface area contributed by atoms with Gasteiger partial charge in [-0.1, -0.05) is 11.2 Å². The molecule has 0 radical (unpaired) electrons. The molecule has 0 bridgehead atoms. The number of hydrogen-bond acceptors (Lipinski definition) is 4. The van der Waals surface area contributed by atoms with E-state index in [1.807, 2.05) is 0 Å². The van der Waals surface area contributed by atoms with Gasteiger partial charge in [0.1, 0.15) is 0 Å². The quantitative estimate of drug-likeness (QED) is 0.533. The lowest BCUT2D eigenvalue weighted by atomic mass is 10.2. The van der Waals surface area contributed by atoms with Crippen molar-refractivity contribution in [2.24, 2.45) is 0 Å². The number of nitrogens with zero attached hydrogens (tertiary/aromatic N) is 2. The summed E-state index contributed by atoms with van der Waals surface area (Å²) in [6.07, 6.45) is -4.54. The van der Waals surface area contributed by atoms with E-state index < -0.39 is 40.6 Å². The zero-order chi connectivity index (χ0) is 18.2. The van der Waals surface area contributed by atoms with Crippen LogP contribution in [-0.2, 0) is 6.18 Å². The SMILES string of the molecule is Fc1ccc(-c2nnc(Nc3cccc(C(F)(F)F)c3)o2)c(F)c1F. The Morgan fingerprint density at radius 1 is 0.920 bits per heavy atom. The number of hydrogen-bond donors (Lipinski definition) is 1. The molecule has 0 fully saturated rings. The maximum Gasteiger partial charge on any atom is 0.416 e. The van der Waals surface area contributed by atoms with E-state index in [9.17, 15) is 26.3 Å². The third kappa shape index (κ3) is 3.42. The fraction of sp³-hybridized carbons (Fsp3) is 0.0667. The van der Waals surface area contributed by atoms with Gasteiger partial charge in [-0.3, -0.25) is 0 Å². The van der Waals surface area contributed by atoms with Gasteiger partial charge in [0.25, 0.3) is 5.89 Å². The van der Waals surface area contributed by atoms with Crippen LogP contribution in [0.1, 0.15) is 5.56 Å². The monoisotopic (exact) mass is 359 g/mol. The largest absolute Gasteiger partial charge is 0.416 e. The van der Waals surface area contributed by atoms with Gasteiger partial charge in [0.2, 0.25) is 0 Å². The Kier molecular flexibility index (Phi) is 4.11. The van der Waals surface area contributed by atoms with Gasteiger partial charge in [-0.15, -0.1) is 5.10 Å². The van der Waals surface area contributed by atoms with Gasteiger partial charge in [-0.25, -0.2) is 13.2 Å². The Labute approximate surface area is 136 Å². The van der Waals surface area contributed by atoms with Crippen molar-refractivity contribution in [1.29, 1.82) is 0 Å². The van der Waals surface area contributed by atoms with Gasteiger partial charge in [0.15, 0.2) is 17.5 Å². The summed E-state index contributed by atoms with van der Waals surface area (Å²) in [5.74, 6) is -5.08. The summed E-state index contributed by atoms with van der Waals surface area (Å²) in [4.78, 5) is 0. The normalized spacial score (nSPS) is 11.6. The maximum absolute atomic E-state index is 13.7. The number of rotatable bonds is 3. The molecule has 0 amide bonds. The predicted molar refractivity (Wildman–Crippen MR) is 74.3 cm³/mol. The number of nitrogens with one attached hydrogen (secondary N) is 1. The van der Waals surface area contributed by atoms with Crippen LogP contribution in [0.25, 0.3) is 11.5 Å². The van der Waals surface area contributed by atoms with Crippen molar-refractivity contribution in [3.05, 3.63) is 59.4 Å². The minimum atomic E-state index is -4.54. The third-order valence-electron chi connectivity index (χ3n) is 3.13. The van der Waals surface area contributed by atoms with Crippen LogP contribution in [0, 0.1) is 17.5 Å². The first kappa shape index (κ1) is 16.8. The van der Waals surface area contributed by atoms with E-state index in [1.54, 1.807) is 0 Å². The molecule has 25 heavy (non-hydrogen) atoms. The lowest BCUT2D eigenvalue weighted by molar-refractivity contribution is -0.137. The van der Waals surface area contributed by atoms with Gasteiger partial charge in [0.05, 0.1) is 11.1 Å². The fourth-order valence-corrected chi connectivity index (χ4v) is 1.97. The molecule has 0 unspecified atom stereocenters. The molecule has 0 saturated carbocycles. The molecule has 3 rings (SSSR count). The van der Waals surface area contributed by atoms with Crippen LogP contribution < -0.4 is 5.32 Å². The van der Waals surface area contributed by atoms with Crippen molar-refractivity contribution in [3.8, 4) is 11.5 Å². The highest BCUT2D eigenvalue weighted by Crippen LogP contribution is 2.32. The topological polar surface area (TPSA) is 51.0 Å². The van der Waals surface area contributed by atoms with Crippen LogP contribution in [0.3, 0.4) is 0 Å². The lowest BCUT2D eigenvalue weighted by Crippen LogP contribution is -2.05. The van der Waals surface area contributed by atoms with E-state index in [0.29, 0.717) is 6.07 Å². The first-order valence-corrected chi connectivity index (χ1v) is 6.67. The van der Waals surface area contributed by atoms with E-state index in [2.05, 4.69) is 15.5 Å². The molecule has 0 aliphatic rings. The van der Waals surface area contributed by atoms with Crippen molar-refractivity contribution in [1.82, 2.24) is 10.2 Å². The number of halogens is 6. The highest BCUT2D eigenvalue weighted by molar-refractivity contribution is 5.57. The highest BCUT2D eigenvalue weighted by Gasteiger charge is 2.30. The molecule has 0 atom stereocenters. The molecule has 1 N–H and O–H groups in total. The standard InChI is InChI=1S/C15H7F6N3O/c16-10-5-4-9(11(17)12(10)18)13-23-24-14(25-13)22-8-3-1-2-7(6-8)15(19,20)21/h1-6H,(H,22,24).